The van der Waals surface area contributed by atoms with Crippen LogP contribution in [-0.4, -0.2) is 15.0 Å². The van der Waals surface area contributed by atoms with Gasteiger partial charge in [-0.2, -0.15) is 0 Å². The lowest BCUT2D eigenvalue weighted by molar-refractivity contribution is 1.08. The van der Waals surface area contributed by atoms with Crippen molar-refractivity contribution in [2.75, 3.05) is 0 Å². The molecule has 10 aromatic carbocycles. The van der Waals surface area contributed by atoms with Crippen molar-refractivity contribution in [2.24, 2.45) is 0 Å². The zero-order chi connectivity index (χ0) is 37.0. The fourth-order valence-corrected chi connectivity index (χ4v) is 8.38. The molecule has 260 valence electrons. The summed E-state index contributed by atoms with van der Waals surface area (Å²) in [7, 11) is 0. The second kappa shape index (κ2) is 13.1. The Hall–Kier alpha value is -7.49. The maximum absolute atomic E-state index is 5.19. The number of rotatable bonds is 5. The molecule has 3 heteroatoms. The Morgan fingerprint density at radius 3 is 1.50 bits per heavy atom. The highest BCUT2D eigenvalue weighted by Crippen LogP contribution is 2.41. The van der Waals surface area contributed by atoms with E-state index >= 15 is 0 Å². The van der Waals surface area contributed by atoms with Crippen LogP contribution in [0.5, 0.6) is 0 Å². The van der Waals surface area contributed by atoms with E-state index in [0.29, 0.717) is 17.5 Å². The van der Waals surface area contributed by atoms with Gasteiger partial charge in [-0.25, -0.2) is 15.0 Å². The average Bonchev–Trinajstić information content (AvgIpc) is 3.28. The molecule has 0 N–H and O–H groups in total. The van der Waals surface area contributed by atoms with Crippen LogP contribution in [0.3, 0.4) is 0 Å². The molecule has 0 aliphatic rings. The number of aromatic nitrogens is 3. The van der Waals surface area contributed by atoms with Crippen LogP contribution >= 0.6 is 0 Å². The van der Waals surface area contributed by atoms with Crippen molar-refractivity contribution in [2.45, 2.75) is 0 Å². The summed E-state index contributed by atoms with van der Waals surface area (Å²) in [6, 6.07) is 71.2. The van der Waals surface area contributed by atoms with Gasteiger partial charge in [-0.15, -0.1) is 0 Å². The summed E-state index contributed by atoms with van der Waals surface area (Å²) in [5.41, 5.74) is 7.68. The first-order valence-electron chi connectivity index (χ1n) is 19.0. The Morgan fingerprint density at radius 2 is 0.750 bits per heavy atom. The molecule has 11 rings (SSSR count). The normalized spacial score (nSPS) is 11.6. The minimum Gasteiger partial charge on any atom is -0.208 e. The molecule has 3 nitrogen and oxygen atoms in total. The van der Waals surface area contributed by atoms with Gasteiger partial charge in [0, 0.05) is 16.7 Å². The van der Waals surface area contributed by atoms with Gasteiger partial charge in [-0.3, -0.25) is 0 Å². The van der Waals surface area contributed by atoms with Crippen molar-refractivity contribution in [1.82, 2.24) is 15.0 Å². The van der Waals surface area contributed by atoms with Gasteiger partial charge >= 0.3 is 0 Å². The lowest BCUT2D eigenvalue weighted by Crippen LogP contribution is -2.00. The van der Waals surface area contributed by atoms with E-state index in [1.54, 1.807) is 0 Å². The van der Waals surface area contributed by atoms with Crippen molar-refractivity contribution >= 4 is 53.9 Å². The van der Waals surface area contributed by atoms with Crippen LogP contribution in [0, 0.1) is 0 Å². The summed E-state index contributed by atoms with van der Waals surface area (Å²) < 4.78 is 0. The fraction of sp³-hybridized carbons (Fsp3) is 0. The zero-order valence-electron chi connectivity index (χ0n) is 30.4. The fourth-order valence-electron chi connectivity index (χ4n) is 8.38. The molecule has 0 aliphatic heterocycles. The Kier molecular flexibility index (Phi) is 7.49. The molecule has 0 amide bonds. The molecule has 0 saturated heterocycles. The zero-order valence-corrected chi connectivity index (χ0v) is 30.4. The van der Waals surface area contributed by atoms with Crippen LogP contribution in [0.25, 0.3) is 110 Å². The van der Waals surface area contributed by atoms with Crippen molar-refractivity contribution in [1.29, 1.82) is 0 Å². The molecule has 11 aromatic rings. The number of hydrogen-bond acceptors (Lipinski definition) is 3. The van der Waals surface area contributed by atoms with Crippen LogP contribution < -0.4 is 0 Å². The SMILES string of the molecule is c1ccc(-c2nc(-c3ccc4cc(-c5c6ccccc6cc6c5ccc5ccccc56)ccc4c3)nc(-c3ccc(-c4ccccc4)c4ccccc34)n2)cc1. The quantitative estimate of drug-likeness (QED) is 0.132. The summed E-state index contributed by atoms with van der Waals surface area (Å²) in [6.45, 7) is 0. The number of benzene rings is 10. The summed E-state index contributed by atoms with van der Waals surface area (Å²) in [4.78, 5) is 15.4. The smallest absolute Gasteiger partial charge is 0.164 e. The first kappa shape index (κ1) is 32.0. The van der Waals surface area contributed by atoms with E-state index in [9.17, 15) is 0 Å². The van der Waals surface area contributed by atoms with E-state index in [1.807, 2.05) is 18.2 Å². The van der Waals surface area contributed by atoms with E-state index in [1.165, 1.54) is 54.6 Å². The van der Waals surface area contributed by atoms with Crippen molar-refractivity contribution in [3.8, 4) is 56.4 Å². The first-order valence-corrected chi connectivity index (χ1v) is 19.0. The van der Waals surface area contributed by atoms with Gasteiger partial charge in [0.15, 0.2) is 17.5 Å². The Bertz CT molecular complexity index is 3300. The van der Waals surface area contributed by atoms with Crippen molar-refractivity contribution in [3.05, 3.63) is 200 Å². The molecule has 0 saturated carbocycles. The number of fused-ring (bicyclic) bond motifs is 6. The molecule has 0 spiro atoms. The third kappa shape index (κ3) is 5.40. The standard InChI is InChI=1S/C53H33N3/c1-3-13-34(14-4-1)43-29-30-48(46-22-12-11-21-45(43)46)53-55-51(36-16-5-2-6-17-36)54-52(56-53)41-26-24-37-31-40(25-23-38(37)32-41)50-44-20-10-8-18-39(44)33-49-42-19-9-7-15-35(42)27-28-47(49)50/h1-33H. The third-order valence-corrected chi connectivity index (χ3v) is 11.1. The molecule has 1 aromatic heterocycles. The summed E-state index contributed by atoms with van der Waals surface area (Å²) in [5, 5.41) is 12.1. The molecular weight excluding hydrogens is 679 g/mol. The minimum atomic E-state index is 0.642. The van der Waals surface area contributed by atoms with E-state index in [4.69, 9.17) is 15.0 Å². The first-order chi connectivity index (χ1) is 27.7. The highest BCUT2D eigenvalue weighted by atomic mass is 15.0. The van der Waals surface area contributed by atoms with Gasteiger partial charge < -0.3 is 0 Å². The molecule has 0 fully saturated rings. The minimum absolute atomic E-state index is 0.642. The maximum atomic E-state index is 5.19. The van der Waals surface area contributed by atoms with E-state index < -0.39 is 0 Å². The van der Waals surface area contributed by atoms with Crippen LogP contribution in [0.4, 0.5) is 0 Å². The average molecular weight is 712 g/mol. The monoisotopic (exact) mass is 711 g/mol. The Labute approximate surface area is 324 Å². The summed E-state index contributed by atoms with van der Waals surface area (Å²) >= 11 is 0. The predicted molar refractivity (Wildman–Crippen MR) is 235 cm³/mol. The van der Waals surface area contributed by atoms with Gasteiger partial charge in [0.1, 0.15) is 0 Å². The van der Waals surface area contributed by atoms with Gasteiger partial charge in [-0.1, -0.05) is 176 Å². The molecule has 0 bridgehead atoms. The summed E-state index contributed by atoms with van der Waals surface area (Å²) in [5.74, 6) is 1.94. The highest BCUT2D eigenvalue weighted by Gasteiger charge is 2.17. The largest absolute Gasteiger partial charge is 0.208 e. The van der Waals surface area contributed by atoms with Gasteiger partial charge in [0.25, 0.3) is 0 Å². The molecule has 1 heterocycles. The maximum Gasteiger partial charge on any atom is 0.164 e. The lowest BCUT2D eigenvalue weighted by atomic mass is 9.89. The van der Waals surface area contributed by atoms with Gasteiger partial charge in [0.05, 0.1) is 0 Å². The van der Waals surface area contributed by atoms with Gasteiger partial charge in [0.2, 0.25) is 0 Å². The van der Waals surface area contributed by atoms with Crippen LogP contribution in [0.2, 0.25) is 0 Å². The highest BCUT2D eigenvalue weighted by molar-refractivity contribution is 6.20. The second-order valence-electron chi connectivity index (χ2n) is 14.4. The third-order valence-electron chi connectivity index (χ3n) is 11.1. The molecule has 0 unspecified atom stereocenters. The lowest BCUT2D eigenvalue weighted by Gasteiger charge is -2.15. The van der Waals surface area contributed by atoms with E-state index in [-0.39, 0.29) is 0 Å². The Morgan fingerprint density at radius 1 is 0.232 bits per heavy atom. The Balaban J connectivity index is 1.06. The second-order valence-corrected chi connectivity index (χ2v) is 14.4. The topological polar surface area (TPSA) is 38.7 Å². The number of nitrogens with zero attached hydrogens (tertiary/aromatic N) is 3. The molecule has 0 radical (unpaired) electrons. The molecule has 56 heavy (non-hydrogen) atoms. The van der Waals surface area contributed by atoms with Crippen LogP contribution in [0.1, 0.15) is 0 Å². The van der Waals surface area contributed by atoms with Gasteiger partial charge in [-0.05, 0) is 100 Å². The van der Waals surface area contributed by atoms with Crippen LogP contribution in [0.15, 0.2) is 200 Å². The number of hydrogen-bond donors (Lipinski definition) is 0. The van der Waals surface area contributed by atoms with E-state index in [0.717, 1.165) is 38.2 Å². The van der Waals surface area contributed by atoms with Crippen molar-refractivity contribution in [3.63, 3.8) is 0 Å². The summed E-state index contributed by atoms with van der Waals surface area (Å²) in [6.07, 6.45) is 0. The molecule has 0 atom stereocenters. The van der Waals surface area contributed by atoms with Crippen molar-refractivity contribution < 1.29 is 0 Å². The van der Waals surface area contributed by atoms with Crippen LogP contribution in [-0.2, 0) is 0 Å². The molecular formula is C53H33N3. The molecule has 0 aliphatic carbocycles. The predicted octanol–water partition coefficient (Wildman–Crippen LogP) is 14.0. The van der Waals surface area contributed by atoms with E-state index in [2.05, 4.69) is 182 Å².